The lowest BCUT2D eigenvalue weighted by atomic mass is 10.1. The molecular formula is C15H16N2O5. The average Bonchev–Trinajstić information content (AvgIpc) is 3.08. The number of nitrogens with zero attached hydrogens (tertiary/aromatic N) is 2. The first-order chi connectivity index (χ1) is 10.5. The number of anilines is 1. The smallest absolute Gasteiger partial charge is 0.339 e. The zero-order chi connectivity index (χ0) is 15.9. The molecule has 0 aromatic heterocycles. The van der Waals surface area contributed by atoms with Gasteiger partial charge in [0.2, 0.25) is 5.91 Å². The molecule has 0 aliphatic carbocycles. The van der Waals surface area contributed by atoms with E-state index < -0.39 is 17.8 Å². The number of likely N-dealkylation sites (tertiary alicyclic amines) is 1. The second-order valence-electron chi connectivity index (χ2n) is 5.54. The first-order valence-electron chi connectivity index (χ1n) is 7.16. The molecule has 2 amide bonds. The van der Waals surface area contributed by atoms with Crippen molar-refractivity contribution in [3.05, 3.63) is 23.8 Å². The van der Waals surface area contributed by atoms with Gasteiger partial charge in [-0.05, 0) is 44.1 Å². The van der Waals surface area contributed by atoms with Crippen LogP contribution in [0.15, 0.2) is 18.2 Å². The molecular weight excluding hydrogens is 288 g/mol. The number of phenols is 1. The first-order valence-corrected chi connectivity index (χ1v) is 7.16. The highest BCUT2D eigenvalue weighted by Crippen LogP contribution is 2.30. The molecule has 2 heterocycles. The number of imide groups is 1. The van der Waals surface area contributed by atoms with Gasteiger partial charge < -0.3 is 10.2 Å². The van der Waals surface area contributed by atoms with Gasteiger partial charge in [0.1, 0.15) is 11.3 Å². The highest BCUT2D eigenvalue weighted by atomic mass is 16.4. The van der Waals surface area contributed by atoms with Crippen molar-refractivity contribution in [2.45, 2.75) is 25.3 Å². The van der Waals surface area contributed by atoms with Gasteiger partial charge in [0, 0.05) is 0 Å². The Hall–Kier alpha value is -2.41. The molecule has 22 heavy (non-hydrogen) atoms. The van der Waals surface area contributed by atoms with Crippen LogP contribution in [0.25, 0.3) is 0 Å². The van der Waals surface area contributed by atoms with Crippen molar-refractivity contribution >= 4 is 23.5 Å². The minimum atomic E-state index is -1.31. The maximum absolute atomic E-state index is 12.5. The number of carboxylic acid groups (broad SMARTS) is 1. The summed E-state index contributed by atoms with van der Waals surface area (Å²) in [4.78, 5) is 38.8. The Morgan fingerprint density at radius 1 is 1.18 bits per heavy atom. The summed E-state index contributed by atoms with van der Waals surface area (Å²) in [5, 5.41) is 18.6. The summed E-state index contributed by atoms with van der Waals surface area (Å²) in [5.74, 6) is -2.38. The Kier molecular flexibility index (Phi) is 3.58. The molecule has 2 aliphatic rings. The third-order valence-corrected chi connectivity index (χ3v) is 4.17. The number of rotatable bonds is 3. The van der Waals surface area contributed by atoms with E-state index >= 15 is 0 Å². The normalized spacial score (nSPS) is 22.5. The van der Waals surface area contributed by atoms with Crippen LogP contribution < -0.4 is 4.90 Å². The van der Waals surface area contributed by atoms with Crippen LogP contribution in [0.5, 0.6) is 5.75 Å². The minimum Gasteiger partial charge on any atom is -0.507 e. The lowest BCUT2D eigenvalue weighted by molar-refractivity contribution is -0.122. The standard InChI is InChI=1S/C15H16N2O5/c18-12-4-3-9(7-10(12)15(21)22)17-13(19)8-11(14(17)20)16-5-1-2-6-16/h3-4,7,11,18H,1-2,5-6,8H2,(H,21,22). The predicted molar refractivity (Wildman–Crippen MR) is 76.8 cm³/mol. The van der Waals surface area contributed by atoms with Gasteiger partial charge >= 0.3 is 5.97 Å². The number of amides is 2. The van der Waals surface area contributed by atoms with Gasteiger partial charge in [-0.2, -0.15) is 0 Å². The van der Waals surface area contributed by atoms with Crippen LogP contribution in [-0.4, -0.2) is 52.0 Å². The van der Waals surface area contributed by atoms with Crippen LogP contribution in [0.1, 0.15) is 29.6 Å². The zero-order valence-corrected chi connectivity index (χ0v) is 11.9. The molecule has 1 aromatic carbocycles. The number of hydrogen-bond donors (Lipinski definition) is 2. The summed E-state index contributed by atoms with van der Waals surface area (Å²) in [6.45, 7) is 1.60. The molecule has 2 saturated heterocycles. The van der Waals surface area contributed by atoms with Crippen LogP contribution in [0.3, 0.4) is 0 Å². The molecule has 7 heteroatoms. The largest absolute Gasteiger partial charge is 0.507 e. The van der Waals surface area contributed by atoms with E-state index in [2.05, 4.69) is 0 Å². The number of carbonyl (C=O) groups excluding carboxylic acids is 2. The summed E-state index contributed by atoms with van der Waals surface area (Å²) in [7, 11) is 0. The Balaban J connectivity index is 1.91. The maximum Gasteiger partial charge on any atom is 0.339 e. The van der Waals surface area contributed by atoms with Gasteiger partial charge in [0.25, 0.3) is 5.91 Å². The summed E-state index contributed by atoms with van der Waals surface area (Å²) < 4.78 is 0. The fourth-order valence-electron chi connectivity index (χ4n) is 3.06. The number of hydrogen-bond acceptors (Lipinski definition) is 5. The summed E-state index contributed by atoms with van der Waals surface area (Å²) >= 11 is 0. The van der Waals surface area contributed by atoms with Gasteiger partial charge in [-0.25, -0.2) is 9.69 Å². The molecule has 0 bridgehead atoms. The minimum absolute atomic E-state index is 0.113. The number of carbonyl (C=O) groups is 3. The average molecular weight is 304 g/mol. The van der Waals surface area contributed by atoms with Gasteiger partial charge in [0.05, 0.1) is 18.2 Å². The van der Waals surface area contributed by atoms with Crippen molar-refractivity contribution in [3.63, 3.8) is 0 Å². The highest BCUT2D eigenvalue weighted by Gasteiger charge is 2.43. The van der Waals surface area contributed by atoms with Crippen LogP contribution in [0.2, 0.25) is 0 Å². The second-order valence-corrected chi connectivity index (χ2v) is 5.54. The molecule has 1 unspecified atom stereocenters. The van der Waals surface area contributed by atoms with Crippen molar-refractivity contribution < 1.29 is 24.6 Å². The van der Waals surface area contributed by atoms with Crippen molar-refractivity contribution in [1.29, 1.82) is 0 Å². The van der Waals surface area contributed by atoms with E-state index in [1.807, 2.05) is 4.90 Å². The van der Waals surface area contributed by atoms with Crippen LogP contribution in [0, 0.1) is 0 Å². The molecule has 1 aromatic rings. The summed E-state index contributed by atoms with van der Waals surface area (Å²) in [5.41, 5.74) is -0.144. The highest BCUT2D eigenvalue weighted by molar-refractivity contribution is 6.22. The van der Waals surface area contributed by atoms with Crippen molar-refractivity contribution in [2.75, 3.05) is 18.0 Å². The zero-order valence-electron chi connectivity index (χ0n) is 11.9. The van der Waals surface area contributed by atoms with Crippen molar-refractivity contribution in [3.8, 4) is 5.75 Å². The van der Waals surface area contributed by atoms with Crippen molar-refractivity contribution in [2.24, 2.45) is 0 Å². The van der Waals surface area contributed by atoms with Gasteiger partial charge in [0.15, 0.2) is 0 Å². The molecule has 2 fully saturated rings. The monoisotopic (exact) mass is 304 g/mol. The van der Waals surface area contributed by atoms with Gasteiger partial charge in [-0.15, -0.1) is 0 Å². The molecule has 7 nitrogen and oxygen atoms in total. The molecule has 0 spiro atoms. The first kappa shape index (κ1) is 14.5. The lowest BCUT2D eigenvalue weighted by Gasteiger charge is -2.21. The Morgan fingerprint density at radius 2 is 1.86 bits per heavy atom. The molecule has 0 saturated carbocycles. The Labute approximate surface area is 126 Å². The number of aromatic carboxylic acids is 1. The quantitative estimate of drug-likeness (QED) is 0.802. The molecule has 2 aliphatic heterocycles. The van der Waals surface area contributed by atoms with Gasteiger partial charge in [-0.1, -0.05) is 0 Å². The molecule has 2 N–H and O–H groups in total. The fraction of sp³-hybridized carbons (Fsp3) is 0.400. The molecule has 3 rings (SSSR count). The second kappa shape index (κ2) is 5.42. The number of carboxylic acids is 1. The van der Waals surface area contributed by atoms with E-state index in [0.29, 0.717) is 0 Å². The van der Waals surface area contributed by atoms with E-state index in [9.17, 15) is 19.5 Å². The third-order valence-electron chi connectivity index (χ3n) is 4.17. The Bertz CT molecular complexity index is 651. The topological polar surface area (TPSA) is 98.2 Å². The van der Waals surface area contributed by atoms with E-state index in [1.165, 1.54) is 12.1 Å². The van der Waals surface area contributed by atoms with E-state index in [-0.39, 0.29) is 29.5 Å². The SMILES string of the molecule is O=C(O)c1cc(N2C(=O)CC(N3CCCC3)C2=O)ccc1O. The lowest BCUT2D eigenvalue weighted by Crippen LogP contribution is -2.40. The van der Waals surface area contributed by atoms with Gasteiger partial charge in [-0.3, -0.25) is 14.5 Å². The van der Waals surface area contributed by atoms with Crippen LogP contribution >= 0.6 is 0 Å². The van der Waals surface area contributed by atoms with E-state index in [4.69, 9.17) is 5.11 Å². The fourth-order valence-corrected chi connectivity index (χ4v) is 3.06. The number of aromatic hydroxyl groups is 1. The number of benzene rings is 1. The molecule has 0 radical (unpaired) electrons. The molecule has 1 atom stereocenters. The third kappa shape index (κ3) is 2.33. The van der Waals surface area contributed by atoms with E-state index in [0.717, 1.165) is 36.9 Å². The van der Waals surface area contributed by atoms with Crippen molar-refractivity contribution in [1.82, 2.24) is 4.90 Å². The van der Waals surface area contributed by atoms with Crippen LogP contribution in [0.4, 0.5) is 5.69 Å². The van der Waals surface area contributed by atoms with Crippen LogP contribution in [-0.2, 0) is 9.59 Å². The maximum atomic E-state index is 12.5. The summed E-state index contributed by atoms with van der Waals surface area (Å²) in [6, 6.07) is 3.25. The predicted octanol–water partition coefficient (Wildman–Crippen LogP) is 0.818. The molecule has 116 valence electrons. The van der Waals surface area contributed by atoms with E-state index in [1.54, 1.807) is 0 Å². The summed E-state index contributed by atoms with van der Waals surface area (Å²) in [6.07, 6.45) is 2.14. The Morgan fingerprint density at radius 3 is 2.50 bits per heavy atom.